The molecule has 0 aliphatic carbocycles. The molecule has 2 rings (SSSR count). The molecule has 0 aliphatic rings. The SMILES string of the molecule is NC(CCC[C@H](N)C(=O)N[C@@H](CCCCNC(=O)OCc1ccccc1)C(=O)O)C(=O)OCc1ccccc1. The van der Waals surface area contributed by atoms with Crippen molar-refractivity contribution in [2.24, 2.45) is 11.5 Å². The molecule has 212 valence electrons. The number of carboxylic acid groups (broad SMARTS) is 1. The highest BCUT2D eigenvalue weighted by Gasteiger charge is 2.23. The average Bonchev–Trinajstić information content (AvgIpc) is 2.94. The van der Waals surface area contributed by atoms with E-state index in [1.807, 2.05) is 60.7 Å². The first kappa shape index (κ1) is 31.3. The Morgan fingerprint density at radius 2 is 1.31 bits per heavy atom. The number of esters is 1. The van der Waals surface area contributed by atoms with E-state index in [9.17, 15) is 24.3 Å². The van der Waals surface area contributed by atoms with E-state index in [4.69, 9.17) is 20.9 Å². The van der Waals surface area contributed by atoms with Crippen LogP contribution in [-0.4, -0.2) is 53.7 Å². The lowest BCUT2D eigenvalue weighted by molar-refractivity contribution is -0.146. The second-order valence-electron chi connectivity index (χ2n) is 9.12. The molecule has 39 heavy (non-hydrogen) atoms. The van der Waals surface area contributed by atoms with Crippen molar-refractivity contribution < 1.29 is 33.8 Å². The summed E-state index contributed by atoms with van der Waals surface area (Å²) in [6.45, 7) is 0.589. The monoisotopic (exact) mass is 542 g/mol. The van der Waals surface area contributed by atoms with Crippen molar-refractivity contribution in [2.75, 3.05) is 6.54 Å². The first-order valence-electron chi connectivity index (χ1n) is 13.0. The fourth-order valence-electron chi connectivity index (χ4n) is 3.62. The minimum Gasteiger partial charge on any atom is -0.480 e. The smallest absolute Gasteiger partial charge is 0.407 e. The van der Waals surface area contributed by atoms with Crippen LogP contribution in [0.2, 0.25) is 0 Å². The maximum Gasteiger partial charge on any atom is 0.407 e. The molecule has 0 radical (unpaired) electrons. The molecule has 2 amide bonds. The molecule has 0 aromatic heterocycles. The van der Waals surface area contributed by atoms with Gasteiger partial charge in [0.1, 0.15) is 25.3 Å². The third kappa shape index (κ3) is 12.9. The van der Waals surface area contributed by atoms with Crippen molar-refractivity contribution in [1.29, 1.82) is 0 Å². The lowest BCUT2D eigenvalue weighted by Gasteiger charge is -2.18. The summed E-state index contributed by atoms with van der Waals surface area (Å²) in [7, 11) is 0. The van der Waals surface area contributed by atoms with E-state index in [-0.39, 0.29) is 32.5 Å². The Kier molecular flexibility index (Phi) is 14.1. The minimum absolute atomic E-state index is 0.125. The van der Waals surface area contributed by atoms with Gasteiger partial charge >= 0.3 is 18.0 Å². The highest BCUT2D eigenvalue weighted by Crippen LogP contribution is 2.08. The van der Waals surface area contributed by atoms with Gasteiger partial charge in [-0.05, 0) is 49.7 Å². The van der Waals surface area contributed by atoms with Crippen molar-refractivity contribution >= 4 is 23.9 Å². The van der Waals surface area contributed by atoms with E-state index in [0.29, 0.717) is 25.8 Å². The third-order valence-electron chi connectivity index (χ3n) is 5.91. The number of nitrogens with two attached hydrogens (primary N) is 2. The van der Waals surface area contributed by atoms with Gasteiger partial charge in [-0.3, -0.25) is 9.59 Å². The van der Waals surface area contributed by atoms with Crippen LogP contribution in [0.3, 0.4) is 0 Å². The van der Waals surface area contributed by atoms with Crippen LogP contribution in [0.5, 0.6) is 0 Å². The van der Waals surface area contributed by atoms with Gasteiger partial charge in [0.25, 0.3) is 0 Å². The van der Waals surface area contributed by atoms with Gasteiger partial charge in [-0.1, -0.05) is 60.7 Å². The first-order valence-corrected chi connectivity index (χ1v) is 13.0. The molecule has 0 heterocycles. The molecule has 0 aliphatic heterocycles. The third-order valence-corrected chi connectivity index (χ3v) is 5.91. The summed E-state index contributed by atoms with van der Waals surface area (Å²) < 4.78 is 10.3. The number of nitrogens with one attached hydrogen (secondary N) is 2. The first-order chi connectivity index (χ1) is 18.8. The summed E-state index contributed by atoms with van der Waals surface area (Å²) in [6.07, 6.45) is 1.46. The largest absolute Gasteiger partial charge is 0.480 e. The number of hydrogen-bond donors (Lipinski definition) is 5. The normalized spacial score (nSPS) is 13.0. The van der Waals surface area contributed by atoms with E-state index < -0.39 is 42.1 Å². The number of benzene rings is 2. The Bertz CT molecular complexity index is 1040. The quantitative estimate of drug-likeness (QED) is 0.148. The topological polar surface area (TPSA) is 183 Å². The molecule has 3 atom stereocenters. The number of amides is 2. The fraction of sp³-hybridized carbons (Fsp3) is 0.429. The molecule has 11 heteroatoms. The molecule has 0 saturated heterocycles. The summed E-state index contributed by atoms with van der Waals surface area (Å²) in [5.74, 6) is -2.30. The highest BCUT2D eigenvalue weighted by atomic mass is 16.5. The second-order valence-corrected chi connectivity index (χ2v) is 9.12. The molecular weight excluding hydrogens is 504 g/mol. The number of carboxylic acids is 1. The predicted octanol–water partition coefficient (Wildman–Crippen LogP) is 2.22. The van der Waals surface area contributed by atoms with Crippen molar-refractivity contribution in [1.82, 2.24) is 10.6 Å². The summed E-state index contributed by atoms with van der Waals surface area (Å²) in [6, 6.07) is 15.6. The van der Waals surface area contributed by atoms with Gasteiger partial charge in [0.05, 0.1) is 6.04 Å². The number of alkyl carbamates (subject to hydrolysis) is 1. The van der Waals surface area contributed by atoms with E-state index in [1.54, 1.807) is 0 Å². The van der Waals surface area contributed by atoms with Gasteiger partial charge in [-0.2, -0.15) is 0 Å². The van der Waals surface area contributed by atoms with Crippen LogP contribution in [0.15, 0.2) is 60.7 Å². The number of carbonyl (C=O) groups excluding carboxylic acids is 3. The number of hydrogen-bond acceptors (Lipinski definition) is 8. The van der Waals surface area contributed by atoms with E-state index in [2.05, 4.69) is 10.6 Å². The Morgan fingerprint density at radius 3 is 1.90 bits per heavy atom. The second kappa shape index (κ2) is 17.5. The maximum absolute atomic E-state index is 12.4. The van der Waals surface area contributed by atoms with Crippen LogP contribution in [0.4, 0.5) is 4.79 Å². The van der Waals surface area contributed by atoms with E-state index >= 15 is 0 Å². The molecule has 2 aromatic carbocycles. The summed E-state index contributed by atoms with van der Waals surface area (Å²) in [4.78, 5) is 47.8. The average molecular weight is 543 g/mol. The zero-order valence-corrected chi connectivity index (χ0v) is 21.9. The van der Waals surface area contributed by atoms with Crippen LogP contribution in [0.25, 0.3) is 0 Å². The highest BCUT2D eigenvalue weighted by molar-refractivity contribution is 5.86. The Hall–Kier alpha value is -3.96. The van der Waals surface area contributed by atoms with Crippen LogP contribution in [0.1, 0.15) is 49.7 Å². The Labute approximate surface area is 228 Å². The van der Waals surface area contributed by atoms with Gasteiger partial charge in [-0.15, -0.1) is 0 Å². The standard InChI is InChI=1S/C28H38N4O7/c29-22(14-9-15-23(30)27(36)38-18-20-10-3-1-4-11-20)25(33)32-24(26(34)35)16-7-8-17-31-28(37)39-19-21-12-5-2-6-13-21/h1-6,10-13,22-24H,7-9,14-19,29-30H2,(H,31,37)(H,32,33)(H,34,35)/t22-,23?,24-/m0/s1. The Morgan fingerprint density at radius 1 is 0.744 bits per heavy atom. The summed E-state index contributed by atoms with van der Waals surface area (Å²) >= 11 is 0. The number of ether oxygens (including phenoxy) is 2. The van der Waals surface area contributed by atoms with Crippen molar-refractivity contribution in [3.63, 3.8) is 0 Å². The fourth-order valence-corrected chi connectivity index (χ4v) is 3.62. The Balaban J connectivity index is 1.59. The number of carbonyl (C=O) groups is 4. The molecule has 2 aromatic rings. The molecule has 0 spiro atoms. The van der Waals surface area contributed by atoms with Gasteiger partial charge in [0.2, 0.25) is 5.91 Å². The molecule has 0 fully saturated rings. The maximum atomic E-state index is 12.4. The van der Waals surface area contributed by atoms with Crippen molar-refractivity contribution in [2.45, 2.75) is 69.9 Å². The van der Waals surface area contributed by atoms with Crippen LogP contribution in [-0.2, 0) is 37.1 Å². The van der Waals surface area contributed by atoms with Gasteiger partial charge in [0.15, 0.2) is 0 Å². The molecule has 7 N–H and O–H groups in total. The number of aliphatic carboxylic acids is 1. The molecule has 11 nitrogen and oxygen atoms in total. The molecule has 1 unspecified atom stereocenters. The van der Waals surface area contributed by atoms with E-state index in [0.717, 1.165) is 11.1 Å². The summed E-state index contributed by atoms with van der Waals surface area (Å²) in [5.41, 5.74) is 13.5. The van der Waals surface area contributed by atoms with Crippen molar-refractivity contribution in [3.8, 4) is 0 Å². The van der Waals surface area contributed by atoms with Gasteiger partial charge in [-0.25, -0.2) is 9.59 Å². The zero-order chi connectivity index (χ0) is 28.5. The molecular formula is C28H38N4O7. The molecule has 0 bridgehead atoms. The zero-order valence-electron chi connectivity index (χ0n) is 21.9. The predicted molar refractivity (Wildman–Crippen MR) is 144 cm³/mol. The minimum atomic E-state index is -1.17. The lowest BCUT2D eigenvalue weighted by atomic mass is 10.0. The van der Waals surface area contributed by atoms with Crippen LogP contribution >= 0.6 is 0 Å². The number of rotatable bonds is 17. The van der Waals surface area contributed by atoms with E-state index in [1.165, 1.54) is 0 Å². The lowest BCUT2D eigenvalue weighted by Crippen LogP contribution is -2.48. The van der Waals surface area contributed by atoms with Crippen LogP contribution in [0, 0.1) is 0 Å². The van der Waals surface area contributed by atoms with Crippen LogP contribution < -0.4 is 22.1 Å². The summed E-state index contributed by atoms with van der Waals surface area (Å²) in [5, 5.41) is 14.5. The van der Waals surface area contributed by atoms with Crippen molar-refractivity contribution in [3.05, 3.63) is 71.8 Å². The number of unbranched alkanes of at least 4 members (excludes halogenated alkanes) is 1. The van der Waals surface area contributed by atoms with Gasteiger partial charge in [0, 0.05) is 6.54 Å². The van der Waals surface area contributed by atoms with Gasteiger partial charge < -0.3 is 36.7 Å². The molecule has 0 saturated carbocycles.